The zero-order chi connectivity index (χ0) is 12.8. The summed E-state index contributed by atoms with van der Waals surface area (Å²) in [4.78, 5) is 11.4. The SMILES string of the molecule is Cc1c(C)n(C(=O)C(F)(F)F)c2ccccc12. The summed E-state index contributed by atoms with van der Waals surface area (Å²) in [6.45, 7) is 3.22. The lowest BCUT2D eigenvalue weighted by atomic mass is 10.2. The van der Waals surface area contributed by atoms with E-state index >= 15 is 0 Å². The average Bonchev–Trinajstić information content (AvgIpc) is 2.51. The highest BCUT2D eigenvalue weighted by molar-refractivity contribution is 5.97. The van der Waals surface area contributed by atoms with E-state index in [1.807, 2.05) is 0 Å². The molecule has 0 bridgehead atoms. The Labute approximate surface area is 95.7 Å². The highest BCUT2D eigenvalue weighted by atomic mass is 19.4. The number of hydrogen-bond donors (Lipinski definition) is 0. The zero-order valence-electron chi connectivity index (χ0n) is 9.30. The second-order valence-corrected chi connectivity index (χ2v) is 3.87. The quantitative estimate of drug-likeness (QED) is 0.692. The number of hydrogen-bond acceptors (Lipinski definition) is 1. The molecule has 0 fully saturated rings. The van der Waals surface area contributed by atoms with E-state index in [9.17, 15) is 18.0 Å². The average molecular weight is 241 g/mol. The third kappa shape index (κ3) is 1.71. The Balaban J connectivity index is 2.78. The number of benzene rings is 1. The molecule has 0 radical (unpaired) electrons. The Morgan fingerprint density at radius 1 is 1.18 bits per heavy atom. The van der Waals surface area contributed by atoms with Gasteiger partial charge in [-0.3, -0.25) is 9.36 Å². The van der Waals surface area contributed by atoms with Crippen LogP contribution in [0.3, 0.4) is 0 Å². The Hall–Kier alpha value is -1.78. The van der Waals surface area contributed by atoms with E-state index in [-0.39, 0.29) is 0 Å². The molecule has 0 aliphatic carbocycles. The molecule has 1 aromatic carbocycles. The molecule has 0 saturated heterocycles. The molecule has 2 aromatic rings. The molecule has 0 saturated carbocycles. The second kappa shape index (κ2) is 3.61. The summed E-state index contributed by atoms with van der Waals surface area (Å²) in [6.07, 6.45) is -4.86. The van der Waals surface area contributed by atoms with E-state index in [0.717, 1.165) is 4.57 Å². The molecular weight excluding hydrogens is 231 g/mol. The van der Waals surface area contributed by atoms with Crippen LogP contribution >= 0.6 is 0 Å². The number of alkyl halides is 3. The number of fused-ring (bicyclic) bond motifs is 1. The van der Waals surface area contributed by atoms with E-state index in [0.29, 0.717) is 22.2 Å². The van der Waals surface area contributed by atoms with Crippen molar-refractivity contribution >= 4 is 16.8 Å². The molecule has 0 atom stereocenters. The van der Waals surface area contributed by atoms with Crippen LogP contribution in [0.5, 0.6) is 0 Å². The van der Waals surface area contributed by atoms with Crippen LogP contribution in [0.15, 0.2) is 24.3 Å². The Morgan fingerprint density at radius 3 is 2.35 bits per heavy atom. The third-order valence-corrected chi connectivity index (χ3v) is 2.87. The fraction of sp³-hybridized carbons (Fsp3) is 0.250. The Kier molecular flexibility index (Phi) is 2.49. The lowest BCUT2D eigenvalue weighted by Gasteiger charge is -2.09. The van der Waals surface area contributed by atoms with Crippen molar-refractivity contribution in [3.63, 3.8) is 0 Å². The first-order valence-corrected chi connectivity index (χ1v) is 5.02. The minimum Gasteiger partial charge on any atom is -0.276 e. The molecule has 1 heterocycles. The van der Waals surface area contributed by atoms with Crippen molar-refractivity contribution in [1.29, 1.82) is 0 Å². The smallest absolute Gasteiger partial charge is 0.276 e. The maximum atomic E-state index is 12.5. The van der Waals surface area contributed by atoms with Crippen LogP contribution in [0, 0.1) is 13.8 Å². The predicted octanol–water partition coefficient (Wildman–Crippen LogP) is 3.46. The first-order chi connectivity index (χ1) is 7.84. The Morgan fingerprint density at radius 2 is 1.76 bits per heavy atom. The van der Waals surface area contributed by atoms with Crippen LogP contribution in [-0.2, 0) is 0 Å². The van der Waals surface area contributed by atoms with Crippen molar-refractivity contribution in [2.75, 3.05) is 0 Å². The normalized spacial score (nSPS) is 12.1. The van der Waals surface area contributed by atoms with Crippen molar-refractivity contribution in [1.82, 2.24) is 4.57 Å². The van der Waals surface area contributed by atoms with Crippen molar-refractivity contribution < 1.29 is 18.0 Å². The van der Waals surface area contributed by atoms with Gasteiger partial charge in [0.15, 0.2) is 0 Å². The van der Waals surface area contributed by atoms with Crippen molar-refractivity contribution in [2.45, 2.75) is 20.0 Å². The molecule has 0 aliphatic heterocycles. The topological polar surface area (TPSA) is 22.0 Å². The van der Waals surface area contributed by atoms with Crippen LogP contribution in [0.4, 0.5) is 13.2 Å². The number of rotatable bonds is 0. The third-order valence-electron chi connectivity index (χ3n) is 2.87. The van der Waals surface area contributed by atoms with Crippen LogP contribution in [-0.4, -0.2) is 16.7 Å². The molecular formula is C12H10F3NO. The first-order valence-electron chi connectivity index (χ1n) is 5.02. The first kappa shape index (κ1) is 11.7. The highest BCUT2D eigenvalue weighted by Crippen LogP contribution is 2.28. The zero-order valence-corrected chi connectivity index (χ0v) is 9.30. The van der Waals surface area contributed by atoms with Gasteiger partial charge in [0.2, 0.25) is 0 Å². The highest BCUT2D eigenvalue weighted by Gasteiger charge is 2.41. The van der Waals surface area contributed by atoms with Crippen molar-refractivity contribution in [3.05, 3.63) is 35.5 Å². The van der Waals surface area contributed by atoms with Gasteiger partial charge in [-0.25, -0.2) is 0 Å². The summed E-state index contributed by atoms with van der Waals surface area (Å²) in [5.41, 5.74) is 1.32. The van der Waals surface area contributed by atoms with Gasteiger partial charge < -0.3 is 0 Å². The molecule has 17 heavy (non-hydrogen) atoms. The number of carbonyl (C=O) groups is 1. The molecule has 5 heteroatoms. The Bertz CT molecular complexity index is 596. The van der Waals surface area contributed by atoms with Gasteiger partial charge >= 0.3 is 12.1 Å². The van der Waals surface area contributed by atoms with E-state index in [1.54, 1.807) is 25.1 Å². The molecule has 2 rings (SSSR count). The van der Waals surface area contributed by atoms with Crippen molar-refractivity contribution in [3.8, 4) is 0 Å². The molecule has 0 unspecified atom stereocenters. The summed E-state index contributed by atoms with van der Waals surface area (Å²) in [5, 5.41) is 0.669. The van der Waals surface area contributed by atoms with Gasteiger partial charge in [0.05, 0.1) is 5.52 Å². The number of aryl methyl sites for hydroxylation is 1. The van der Waals surface area contributed by atoms with E-state index in [4.69, 9.17) is 0 Å². The standard InChI is InChI=1S/C12H10F3NO/c1-7-8(2)16(11(17)12(13,14)15)10-6-4-3-5-9(7)10/h3-6H,1-2H3. The molecule has 1 aromatic heterocycles. The van der Waals surface area contributed by atoms with E-state index < -0.39 is 12.1 Å². The van der Waals surface area contributed by atoms with Crippen LogP contribution in [0.25, 0.3) is 10.9 Å². The molecule has 0 aliphatic rings. The predicted molar refractivity (Wildman–Crippen MR) is 58.1 cm³/mol. The molecule has 90 valence electrons. The van der Waals surface area contributed by atoms with Crippen molar-refractivity contribution in [2.24, 2.45) is 0 Å². The maximum Gasteiger partial charge on any atom is 0.472 e. The summed E-state index contributed by atoms with van der Waals surface area (Å²) in [5.74, 6) is -1.85. The fourth-order valence-corrected chi connectivity index (χ4v) is 1.92. The molecule has 0 spiro atoms. The largest absolute Gasteiger partial charge is 0.472 e. The van der Waals surface area contributed by atoms with Gasteiger partial charge in [-0.2, -0.15) is 13.2 Å². The van der Waals surface area contributed by atoms with E-state index in [1.165, 1.54) is 13.0 Å². The maximum absolute atomic E-state index is 12.5. The van der Waals surface area contributed by atoms with Crippen LogP contribution in [0.2, 0.25) is 0 Å². The number of aromatic nitrogens is 1. The van der Waals surface area contributed by atoms with Gasteiger partial charge in [-0.15, -0.1) is 0 Å². The second-order valence-electron chi connectivity index (χ2n) is 3.87. The van der Waals surface area contributed by atoms with Gasteiger partial charge in [-0.1, -0.05) is 18.2 Å². The van der Waals surface area contributed by atoms with Crippen LogP contribution < -0.4 is 0 Å². The molecule has 2 nitrogen and oxygen atoms in total. The summed E-state index contributed by atoms with van der Waals surface area (Å²) < 4.78 is 38.2. The number of nitrogens with zero attached hydrogens (tertiary/aromatic N) is 1. The van der Waals surface area contributed by atoms with Gasteiger partial charge in [-0.05, 0) is 25.5 Å². The van der Waals surface area contributed by atoms with Crippen LogP contribution in [0.1, 0.15) is 16.1 Å². The monoisotopic (exact) mass is 241 g/mol. The van der Waals surface area contributed by atoms with E-state index in [2.05, 4.69) is 0 Å². The molecule has 0 amide bonds. The summed E-state index contributed by atoms with van der Waals surface area (Å²) in [7, 11) is 0. The lowest BCUT2D eigenvalue weighted by molar-refractivity contribution is -0.0944. The minimum absolute atomic E-state index is 0.296. The summed E-state index contributed by atoms with van der Waals surface area (Å²) >= 11 is 0. The minimum atomic E-state index is -4.86. The molecule has 0 N–H and O–H groups in total. The number of halogens is 3. The van der Waals surface area contributed by atoms with Gasteiger partial charge in [0.1, 0.15) is 0 Å². The fourth-order valence-electron chi connectivity index (χ4n) is 1.92. The number of para-hydroxylation sites is 1. The van der Waals surface area contributed by atoms with Gasteiger partial charge in [0, 0.05) is 11.1 Å². The lowest BCUT2D eigenvalue weighted by Crippen LogP contribution is -2.29. The van der Waals surface area contributed by atoms with Gasteiger partial charge in [0.25, 0.3) is 0 Å². The number of carbonyl (C=O) groups excluding carboxylic acids is 1. The summed E-state index contributed by atoms with van der Waals surface area (Å²) in [6, 6.07) is 6.56.